The zero-order valence-electron chi connectivity index (χ0n) is 15.6. The molecule has 2 atom stereocenters. The van der Waals surface area contributed by atoms with Gasteiger partial charge >= 0.3 is 5.97 Å². The van der Waals surface area contributed by atoms with E-state index in [4.69, 9.17) is 0 Å². The van der Waals surface area contributed by atoms with Crippen LogP contribution in [0.5, 0.6) is 0 Å². The van der Waals surface area contributed by atoms with Crippen LogP contribution in [0.4, 0.5) is 0 Å². The van der Waals surface area contributed by atoms with Crippen molar-refractivity contribution in [2.75, 3.05) is 19.6 Å². The van der Waals surface area contributed by atoms with Crippen LogP contribution in [-0.4, -0.2) is 53.6 Å². The largest absolute Gasteiger partial charge is 0.480 e. The zero-order chi connectivity index (χ0) is 18.7. The Kier molecular flexibility index (Phi) is 5.94. The maximum Gasteiger partial charge on any atom is 0.326 e. The van der Waals surface area contributed by atoms with E-state index < -0.39 is 12.0 Å². The van der Waals surface area contributed by atoms with Gasteiger partial charge in [-0.25, -0.2) is 4.79 Å². The number of rotatable bonds is 7. The predicted molar refractivity (Wildman–Crippen MR) is 100.0 cm³/mol. The van der Waals surface area contributed by atoms with Gasteiger partial charge in [0.05, 0.1) is 0 Å². The molecule has 0 saturated carbocycles. The standard InChI is InChI=1S/C20H29N3O3/c1-13(2)18(20(25)26)22-19(24)16-5-3-4-14(10-16)11-21-17-12-23-8-6-15(17)7-9-23/h3-5,10,13,15,17-18,21H,6-9,11-12H2,1-2H3,(H,22,24)(H,25,26)/t17?,18-/m0/s1. The number of benzene rings is 1. The number of carbonyl (C=O) groups is 2. The first-order valence-electron chi connectivity index (χ1n) is 9.52. The zero-order valence-corrected chi connectivity index (χ0v) is 15.6. The number of nitrogens with zero attached hydrogens (tertiary/aromatic N) is 1. The van der Waals surface area contributed by atoms with Crippen molar-refractivity contribution in [2.45, 2.75) is 45.3 Å². The molecule has 0 spiro atoms. The molecule has 1 aromatic carbocycles. The van der Waals surface area contributed by atoms with E-state index in [1.807, 2.05) is 18.2 Å². The first-order valence-corrected chi connectivity index (χ1v) is 9.52. The number of nitrogens with one attached hydrogen (secondary N) is 2. The second kappa shape index (κ2) is 8.18. The summed E-state index contributed by atoms with van der Waals surface area (Å²) in [6.45, 7) is 7.85. The lowest BCUT2D eigenvalue weighted by Gasteiger charge is -2.45. The summed E-state index contributed by atoms with van der Waals surface area (Å²) < 4.78 is 0. The van der Waals surface area contributed by atoms with Gasteiger partial charge in [0.2, 0.25) is 0 Å². The van der Waals surface area contributed by atoms with Gasteiger partial charge in [0, 0.05) is 24.7 Å². The molecule has 4 rings (SSSR count). The summed E-state index contributed by atoms with van der Waals surface area (Å²) >= 11 is 0. The Balaban J connectivity index is 1.59. The van der Waals surface area contributed by atoms with E-state index >= 15 is 0 Å². The van der Waals surface area contributed by atoms with Crippen molar-refractivity contribution in [1.82, 2.24) is 15.5 Å². The Morgan fingerprint density at radius 1 is 1.27 bits per heavy atom. The van der Waals surface area contributed by atoms with Crippen LogP contribution in [0.25, 0.3) is 0 Å². The topological polar surface area (TPSA) is 81.7 Å². The Morgan fingerprint density at radius 3 is 2.58 bits per heavy atom. The molecular weight excluding hydrogens is 330 g/mol. The van der Waals surface area contributed by atoms with Crippen LogP contribution in [0.3, 0.4) is 0 Å². The summed E-state index contributed by atoms with van der Waals surface area (Å²) in [4.78, 5) is 26.2. The third kappa shape index (κ3) is 4.43. The van der Waals surface area contributed by atoms with Crippen molar-refractivity contribution in [3.05, 3.63) is 35.4 Å². The van der Waals surface area contributed by atoms with E-state index in [0.29, 0.717) is 11.6 Å². The number of fused-ring (bicyclic) bond motifs is 3. The first kappa shape index (κ1) is 18.9. The van der Waals surface area contributed by atoms with E-state index in [1.54, 1.807) is 19.9 Å². The van der Waals surface area contributed by atoms with Crippen LogP contribution >= 0.6 is 0 Å². The van der Waals surface area contributed by atoms with Crippen LogP contribution < -0.4 is 10.6 Å². The number of hydrogen-bond donors (Lipinski definition) is 3. The quantitative estimate of drug-likeness (QED) is 0.690. The average molecular weight is 359 g/mol. The lowest BCUT2D eigenvalue weighted by atomic mass is 9.84. The van der Waals surface area contributed by atoms with Gasteiger partial charge in [0.25, 0.3) is 5.91 Å². The highest BCUT2D eigenvalue weighted by atomic mass is 16.4. The third-order valence-corrected chi connectivity index (χ3v) is 5.63. The normalized spacial score (nSPS) is 25.9. The molecule has 1 amide bonds. The van der Waals surface area contributed by atoms with Gasteiger partial charge in [-0.1, -0.05) is 26.0 Å². The van der Waals surface area contributed by atoms with Crippen molar-refractivity contribution in [3.63, 3.8) is 0 Å². The lowest BCUT2D eigenvalue weighted by molar-refractivity contribution is -0.140. The van der Waals surface area contributed by atoms with Crippen LogP contribution in [-0.2, 0) is 11.3 Å². The lowest BCUT2D eigenvalue weighted by Crippen LogP contribution is -2.55. The second-order valence-corrected chi connectivity index (χ2v) is 7.86. The number of amides is 1. The molecule has 26 heavy (non-hydrogen) atoms. The fourth-order valence-electron chi connectivity index (χ4n) is 4.01. The fraction of sp³-hybridized carbons (Fsp3) is 0.600. The highest BCUT2D eigenvalue weighted by Gasteiger charge is 2.33. The number of piperidine rings is 3. The summed E-state index contributed by atoms with van der Waals surface area (Å²) in [6.07, 6.45) is 2.54. The van der Waals surface area contributed by atoms with Gasteiger partial charge in [-0.3, -0.25) is 4.79 Å². The smallest absolute Gasteiger partial charge is 0.326 e. The molecule has 3 saturated heterocycles. The predicted octanol–water partition coefficient (Wildman–Crippen LogP) is 1.71. The van der Waals surface area contributed by atoms with Crippen LogP contribution in [0, 0.1) is 11.8 Å². The molecular formula is C20H29N3O3. The van der Waals surface area contributed by atoms with Crippen LogP contribution in [0.15, 0.2) is 24.3 Å². The van der Waals surface area contributed by atoms with Crippen molar-refractivity contribution < 1.29 is 14.7 Å². The third-order valence-electron chi connectivity index (χ3n) is 5.63. The SMILES string of the molecule is CC(C)[C@H](NC(=O)c1cccc(CNC2CN3CCC2CC3)c1)C(=O)O. The van der Waals surface area contributed by atoms with E-state index in [0.717, 1.165) is 24.6 Å². The molecule has 0 aliphatic carbocycles. The summed E-state index contributed by atoms with van der Waals surface area (Å²) in [5.74, 6) is -0.754. The van der Waals surface area contributed by atoms with E-state index in [2.05, 4.69) is 15.5 Å². The maximum atomic E-state index is 12.4. The number of carboxylic acids is 1. The van der Waals surface area contributed by atoms with E-state index in [-0.39, 0.29) is 11.8 Å². The van der Waals surface area contributed by atoms with Crippen LogP contribution in [0.1, 0.15) is 42.6 Å². The molecule has 1 aromatic rings. The Bertz CT molecular complexity index is 653. The Morgan fingerprint density at radius 2 is 2.00 bits per heavy atom. The molecule has 2 bridgehead atoms. The van der Waals surface area contributed by atoms with Gasteiger partial charge in [-0.2, -0.15) is 0 Å². The van der Waals surface area contributed by atoms with Gasteiger partial charge in [0.1, 0.15) is 6.04 Å². The molecule has 3 aliphatic rings. The summed E-state index contributed by atoms with van der Waals surface area (Å²) in [6, 6.07) is 7.08. The van der Waals surface area contributed by atoms with Gasteiger partial charge < -0.3 is 20.6 Å². The number of aliphatic carboxylic acids is 1. The number of carboxylic acid groups (broad SMARTS) is 1. The van der Waals surface area contributed by atoms with Gasteiger partial charge in [-0.15, -0.1) is 0 Å². The van der Waals surface area contributed by atoms with Crippen molar-refractivity contribution in [2.24, 2.45) is 11.8 Å². The molecule has 3 fully saturated rings. The molecule has 142 valence electrons. The van der Waals surface area contributed by atoms with E-state index in [1.165, 1.54) is 25.9 Å². The monoisotopic (exact) mass is 359 g/mol. The molecule has 0 radical (unpaired) electrons. The number of hydrogen-bond acceptors (Lipinski definition) is 4. The van der Waals surface area contributed by atoms with Gasteiger partial charge in [-0.05, 0) is 55.5 Å². The minimum absolute atomic E-state index is 0.168. The average Bonchev–Trinajstić information content (AvgIpc) is 2.65. The molecule has 6 nitrogen and oxygen atoms in total. The minimum Gasteiger partial charge on any atom is -0.480 e. The Labute approximate surface area is 155 Å². The van der Waals surface area contributed by atoms with E-state index in [9.17, 15) is 14.7 Å². The van der Waals surface area contributed by atoms with Crippen LogP contribution in [0.2, 0.25) is 0 Å². The molecule has 1 unspecified atom stereocenters. The molecule has 0 aromatic heterocycles. The first-order chi connectivity index (χ1) is 12.4. The minimum atomic E-state index is -1.01. The van der Waals surface area contributed by atoms with Crippen molar-refractivity contribution in [1.29, 1.82) is 0 Å². The van der Waals surface area contributed by atoms with Crippen molar-refractivity contribution in [3.8, 4) is 0 Å². The maximum absolute atomic E-state index is 12.4. The summed E-state index contributed by atoms with van der Waals surface area (Å²) in [5, 5.41) is 15.5. The summed E-state index contributed by atoms with van der Waals surface area (Å²) in [7, 11) is 0. The Hall–Kier alpha value is -1.92. The molecule has 3 N–H and O–H groups in total. The van der Waals surface area contributed by atoms with Crippen molar-refractivity contribution >= 4 is 11.9 Å². The molecule has 3 heterocycles. The highest BCUT2D eigenvalue weighted by Crippen LogP contribution is 2.27. The molecule has 3 aliphatic heterocycles. The summed E-state index contributed by atoms with van der Waals surface area (Å²) in [5.41, 5.74) is 1.55. The second-order valence-electron chi connectivity index (χ2n) is 7.86. The fourth-order valence-corrected chi connectivity index (χ4v) is 4.01. The number of carbonyl (C=O) groups excluding carboxylic acids is 1. The molecule has 6 heteroatoms. The highest BCUT2D eigenvalue weighted by molar-refractivity contribution is 5.96. The van der Waals surface area contributed by atoms with Gasteiger partial charge in [0.15, 0.2) is 0 Å².